The van der Waals surface area contributed by atoms with Crippen LogP contribution in [-0.2, 0) is 0 Å². The molecule has 0 radical (unpaired) electrons. The van der Waals surface area contributed by atoms with E-state index in [1.54, 1.807) is 0 Å². The van der Waals surface area contributed by atoms with Crippen LogP contribution in [-0.4, -0.2) is 0 Å². The maximum atomic E-state index is 6.85. The highest BCUT2D eigenvalue weighted by molar-refractivity contribution is 6.29. The average molecular weight is 897 g/mol. The second kappa shape index (κ2) is 15.7. The van der Waals surface area contributed by atoms with Gasteiger partial charge in [-0.1, -0.05) is 182 Å². The zero-order valence-electron chi connectivity index (χ0n) is 38.7. The SMILES string of the molecule is Cc1c(-c2ccccc2)cccc1N(c1ccc2ccc3c(N(c4cccc(-c5ccccc5)c4C)c4cccc5c4oc4ccccc45)ccc4ccc1c2c43)c1cccc2c1oc1ccccc12. The maximum absolute atomic E-state index is 6.85. The Morgan fingerprint density at radius 1 is 0.271 bits per heavy atom. The largest absolute Gasteiger partial charge is 0.454 e. The molecule has 0 aliphatic rings. The van der Waals surface area contributed by atoms with E-state index >= 15 is 0 Å². The smallest absolute Gasteiger partial charge is 0.159 e. The van der Waals surface area contributed by atoms with E-state index in [4.69, 9.17) is 8.83 Å². The molecule has 330 valence electrons. The molecule has 0 aliphatic carbocycles. The number of hydrogen-bond donors (Lipinski definition) is 0. The fourth-order valence-corrected chi connectivity index (χ4v) is 11.3. The first kappa shape index (κ1) is 40.0. The number of fused-ring (bicyclic) bond motifs is 6. The minimum atomic E-state index is 0.852. The summed E-state index contributed by atoms with van der Waals surface area (Å²) in [5.41, 5.74) is 16.8. The lowest BCUT2D eigenvalue weighted by atomic mass is 9.91. The van der Waals surface area contributed by atoms with Crippen LogP contribution in [0.2, 0.25) is 0 Å². The zero-order valence-corrected chi connectivity index (χ0v) is 38.7. The summed E-state index contributed by atoms with van der Waals surface area (Å²) in [7, 11) is 0. The average Bonchev–Trinajstić information content (AvgIpc) is 4.00. The van der Waals surface area contributed by atoms with Crippen molar-refractivity contribution in [2.45, 2.75) is 13.8 Å². The summed E-state index contributed by atoms with van der Waals surface area (Å²) in [6.45, 7) is 4.50. The first-order valence-corrected chi connectivity index (χ1v) is 24.0. The van der Waals surface area contributed by atoms with E-state index in [0.29, 0.717) is 0 Å². The second-order valence-electron chi connectivity index (χ2n) is 18.4. The van der Waals surface area contributed by atoms with Gasteiger partial charge >= 0.3 is 0 Å². The van der Waals surface area contributed by atoms with Gasteiger partial charge < -0.3 is 18.6 Å². The van der Waals surface area contributed by atoms with Crippen LogP contribution in [0.15, 0.2) is 239 Å². The van der Waals surface area contributed by atoms with E-state index in [0.717, 1.165) is 88.8 Å². The first-order chi connectivity index (χ1) is 34.6. The first-order valence-electron chi connectivity index (χ1n) is 24.0. The third-order valence-corrected chi connectivity index (χ3v) is 14.6. The normalized spacial score (nSPS) is 11.9. The molecule has 4 heteroatoms. The molecule has 0 unspecified atom stereocenters. The molecule has 0 spiro atoms. The molecular formula is C66H44N2O2. The molecule has 4 nitrogen and oxygen atoms in total. The molecule has 0 atom stereocenters. The number of benzene rings is 12. The minimum absolute atomic E-state index is 0.852. The summed E-state index contributed by atoms with van der Waals surface area (Å²) in [5.74, 6) is 0. The van der Waals surface area contributed by atoms with Gasteiger partial charge in [-0.25, -0.2) is 0 Å². The van der Waals surface area contributed by atoms with Crippen molar-refractivity contribution in [1.82, 2.24) is 0 Å². The Kier molecular flexibility index (Phi) is 8.99. The van der Waals surface area contributed by atoms with Crippen molar-refractivity contribution in [1.29, 1.82) is 0 Å². The summed E-state index contributed by atoms with van der Waals surface area (Å²) >= 11 is 0. The number of furan rings is 2. The third kappa shape index (κ3) is 6.03. The van der Waals surface area contributed by atoms with Gasteiger partial charge in [0, 0.05) is 43.7 Å². The molecule has 0 bridgehead atoms. The summed E-state index contributed by atoms with van der Waals surface area (Å²) in [4.78, 5) is 4.87. The van der Waals surface area contributed by atoms with Crippen molar-refractivity contribution in [2.75, 3.05) is 9.80 Å². The zero-order chi connectivity index (χ0) is 46.5. The fourth-order valence-electron chi connectivity index (χ4n) is 11.3. The molecule has 0 fully saturated rings. The Bertz CT molecular complexity index is 4060. The molecule has 0 saturated heterocycles. The Labute approximate surface area is 404 Å². The van der Waals surface area contributed by atoms with Crippen LogP contribution in [0.25, 0.3) is 98.4 Å². The van der Waals surface area contributed by atoms with Crippen molar-refractivity contribution in [3.8, 4) is 22.3 Å². The van der Waals surface area contributed by atoms with Crippen LogP contribution >= 0.6 is 0 Å². The quantitative estimate of drug-likeness (QED) is 0.142. The lowest BCUT2D eigenvalue weighted by Crippen LogP contribution is -2.13. The predicted octanol–water partition coefficient (Wildman–Crippen LogP) is 19.3. The highest BCUT2D eigenvalue weighted by Gasteiger charge is 2.27. The highest BCUT2D eigenvalue weighted by atomic mass is 16.3. The number of rotatable bonds is 8. The Morgan fingerprint density at radius 2 is 0.643 bits per heavy atom. The molecule has 0 amide bonds. The van der Waals surface area contributed by atoms with Gasteiger partial charge in [0.15, 0.2) is 11.2 Å². The minimum Gasteiger partial charge on any atom is -0.454 e. The van der Waals surface area contributed by atoms with Gasteiger partial charge in [-0.05, 0) is 117 Å². The van der Waals surface area contributed by atoms with Crippen LogP contribution in [0.3, 0.4) is 0 Å². The summed E-state index contributed by atoms with van der Waals surface area (Å²) in [5, 5.41) is 11.5. The van der Waals surface area contributed by atoms with Crippen LogP contribution < -0.4 is 9.80 Å². The monoisotopic (exact) mass is 896 g/mol. The summed E-state index contributed by atoms with van der Waals surface area (Å²) in [6.07, 6.45) is 0. The van der Waals surface area contributed by atoms with Gasteiger partial charge in [0.05, 0.1) is 22.7 Å². The van der Waals surface area contributed by atoms with Crippen LogP contribution in [0.4, 0.5) is 34.1 Å². The van der Waals surface area contributed by atoms with Crippen LogP contribution in [0.5, 0.6) is 0 Å². The molecule has 0 N–H and O–H groups in total. The number of anilines is 6. The van der Waals surface area contributed by atoms with Crippen molar-refractivity contribution in [3.05, 3.63) is 242 Å². The number of nitrogens with zero attached hydrogens (tertiary/aromatic N) is 2. The van der Waals surface area contributed by atoms with E-state index in [2.05, 4.69) is 242 Å². The summed E-state index contributed by atoms with van der Waals surface area (Å²) in [6, 6.07) is 83.0. The van der Waals surface area contributed by atoms with Gasteiger partial charge in [-0.2, -0.15) is 0 Å². The summed E-state index contributed by atoms with van der Waals surface area (Å²) < 4.78 is 13.7. The lowest BCUT2D eigenvalue weighted by molar-refractivity contribution is 0.668. The molecule has 14 rings (SSSR count). The lowest BCUT2D eigenvalue weighted by Gasteiger charge is -2.31. The number of hydrogen-bond acceptors (Lipinski definition) is 4. The molecular weight excluding hydrogens is 853 g/mol. The molecule has 12 aromatic carbocycles. The topological polar surface area (TPSA) is 32.8 Å². The molecule has 0 saturated carbocycles. The third-order valence-electron chi connectivity index (χ3n) is 14.6. The van der Waals surface area contributed by atoms with E-state index in [1.165, 1.54) is 54.9 Å². The van der Waals surface area contributed by atoms with E-state index in [9.17, 15) is 0 Å². The standard InChI is InChI=1S/C66H44N2O2/c1-41-47(43-17-5-3-6-18-43)23-13-27-55(41)67(59-29-15-25-51-49-21-9-11-31-61(49)69-65(51)59)57-39-35-45-34-38-54-58(40-36-46-33-37-53(57)63(45)64(46)54)68(56-28-14-24-48(42(56)2)44-19-7-4-8-20-44)60-30-16-26-52-50-22-10-12-32-62(50)70-66(52)60/h3-40H,1-2H3. The fraction of sp³-hybridized carbons (Fsp3) is 0.0303. The van der Waals surface area contributed by atoms with E-state index in [1.807, 2.05) is 12.1 Å². The number of para-hydroxylation sites is 4. The van der Waals surface area contributed by atoms with Crippen LogP contribution in [0, 0.1) is 13.8 Å². The second-order valence-corrected chi connectivity index (χ2v) is 18.4. The highest BCUT2D eigenvalue weighted by Crippen LogP contribution is 2.52. The van der Waals surface area contributed by atoms with Crippen LogP contribution in [0.1, 0.15) is 11.1 Å². The molecule has 2 aromatic heterocycles. The predicted molar refractivity (Wildman–Crippen MR) is 294 cm³/mol. The molecule has 0 aliphatic heterocycles. The van der Waals surface area contributed by atoms with Crippen molar-refractivity contribution in [3.63, 3.8) is 0 Å². The van der Waals surface area contributed by atoms with Gasteiger partial charge in [0.1, 0.15) is 11.2 Å². The van der Waals surface area contributed by atoms with Crippen molar-refractivity contribution in [2.24, 2.45) is 0 Å². The Morgan fingerprint density at radius 3 is 1.10 bits per heavy atom. The van der Waals surface area contributed by atoms with Crippen molar-refractivity contribution < 1.29 is 8.83 Å². The molecule has 14 aromatic rings. The van der Waals surface area contributed by atoms with Gasteiger partial charge in [-0.3, -0.25) is 0 Å². The van der Waals surface area contributed by atoms with Gasteiger partial charge in [-0.15, -0.1) is 0 Å². The van der Waals surface area contributed by atoms with Gasteiger partial charge in [0.2, 0.25) is 0 Å². The Hall–Kier alpha value is -9.12. The Balaban J connectivity index is 1.05. The van der Waals surface area contributed by atoms with E-state index < -0.39 is 0 Å². The van der Waals surface area contributed by atoms with E-state index in [-0.39, 0.29) is 0 Å². The van der Waals surface area contributed by atoms with Gasteiger partial charge in [0.25, 0.3) is 0 Å². The maximum Gasteiger partial charge on any atom is 0.159 e. The molecule has 70 heavy (non-hydrogen) atoms. The molecule has 2 heterocycles. The van der Waals surface area contributed by atoms with Crippen molar-refractivity contribution >= 4 is 110 Å².